The Morgan fingerprint density at radius 3 is 1.95 bits per heavy atom. The highest BCUT2D eigenvalue weighted by Gasteiger charge is 2.39. The van der Waals surface area contributed by atoms with Crippen LogP contribution in [0.3, 0.4) is 0 Å². The number of hydroxylamine groups is 2. The molecule has 0 radical (unpaired) electrons. The molecule has 1 fully saturated rings. The van der Waals surface area contributed by atoms with Crippen LogP contribution in [0, 0.1) is 0 Å². The van der Waals surface area contributed by atoms with Crippen molar-refractivity contribution in [1.82, 2.24) is 10.4 Å². The van der Waals surface area contributed by atoms with Gasteiger partial charge in [-0.2, -0.15) is 0 Å². The van der Waals surface area contributed by atoms with Crippen LogP contribution in [0.15, 0.2) is 54.6 Å². The molecule has 1 aliphatic heterocycles. The van der Waals surface area contributed by atoms with Crippen LogP contribution in [-0.4, -0.2) is 46.7 Å². The minimum Gasteiger partial charge on any atom is -0.439 e. The first-order valence-electron chi connectivity index (χ1n) is 12.2. The van der Waals surface area contributed by atoms with E-state index in [0.29, 0.717) is 5.06 Å². The van der Waals surface area contributed by atoms with E-state index in [1.807, 2.05) is 54.6 Å². The van der Waals surface area contributed by atoms with Crippen LogP contribution in [0.4, 0.5) is 4.79 Å². The zero-order valence-corrected chi connectivity index (χ0v) is 22.1. The van der Waals surface area contributed by atoms with Crippen LogP contribution in [0.2, 0.25) is 0 Å². The molecule has 2 atom stereocenters. The molecule has 2 aromatic carbocycles. The van der Waals surface area contributed by atoms with E-state index >= 15 is 0 Å². The first-order chi connectivity index (χ1) is 17.3. The molecule has 0 bridgehead atoms. The van der Waals surface area contributed by atoms with Crippen molar-refractivity contribution >= 4 is 23.9 Å². The normalized spacial score (nSPS) is 15.8. The maximum Gasteiger partial charge on any atom is 0.408 e. The van der Waals surface area contributed by atoms with Gasteiger partial charge in [0.25, 0.3) is 11.8 Å². The molecule has 198 valence electrons. The second-order valence-electron chi connectivity index (χ2n) is 10.4. The number of ether oxygens (including phenoxy) is 2. The average molecular weight is 511 g/mol. The van der Waals surface area contributed by atoms with Gasteiger partial charge in [-0.1, -0.05) is 54.6 Å². The van der Waals surface area contributed by atoms with E-state index in [4.69, 9.17) is 14.3 Å². The number of amides is 3. The summed E-state index contributed by atoms with van der Waals surface area (Å²) in [4.78, 5) is 54.7. The number of carbonyl (C=O) groups excluding carboxylic acids is 4. The quantitative estimate of drug-likeness (QED) is 0.521. The predicted octanol–water partition coefficient (Wildman–Crippen LogP) is 4.49. The molecule has 0 aromatic heterocycles. The lowest BCUT2D eigenvalue weighted by Crippen LogP contribution is -2.53. The highest BCUT2D eigenvalue weighted by atomic mass is 16.7. The highest BCUT2D eigenvalue weighted by molar-refractivity contribution is 6.02. The van der Waals surface area contributed by atoms with E-state index in [-0.39, 0.29) is 12.8 Å². The Hall–Kier alpha value is -3.72. The Bertz CT molecular complexity index is 1120. The molecule has 9 nitrogen and oxygen atoms in total. The van der Waals surface area contributed by atoms with Gasteiger partial charge in [0.15, 0.2) is 6.04 Å². The average Bonchev–Trinajstić information content (AvgIpc) is 3.13. The van der Waals surface area contributed by atoms with Crippen molar-refractivity contribution in [3.05, 3.63) is 60.2 Å². The van der Waals surface area contributed by atoms with Crippen molar-refractivity contribution in [3.8, 4) is 11.1 Å². The van der Waals surface area contributed by atoms with Crippen molar-refractivity contribution in [2.45, 2.75) is 77.7 Å². The maximum absolute atomic E-state index is 12.9. The fourth-order valence-electron chi connectivity index (χ4n) is 3.94. The molecule has 1 saturated heterocycles. The first-order valence-corrected chi connectivity index (χ1v) is 12.2. The lowest BCUT2D eigenvalue weighted by atomic mass is 9.95. The Morgan fingerprint density at radius 2 is 1.41 bits per heavy atom. The van der Waals surface area contributed by atoms with Gasteiger partial charge in [-0.05, 0) is 58.2 Å². The summed E-state index contributed by atoms with van der Waals surface area (Å²) in [6.45, 7) is 10.4. The Labute approximate surface area is 217 Å². The molecule has 37 heavy (non-hydrogen) atoms. The lowest BCUT2D eigenvalue weighted by Gasteiger charge is -2.32. The summed E-state index contributed by atoms with van der Waals surface area (Å²) in [5.41, 5.74) is 1.14. The summed E-state index contributed by atoms with van der Waals surface area (Å²) >= 11 is 0. The molecule has 0 spiro atoms. The Kier molecular flexibility index (Phi) is 8.38. The molecule has 3 amide bonds. The highest BCUT2D eigenvalue weighted by Crippen LogP contribution is 2.28. The largest absolute Gasteiger partial charge is 0.439 e. The second kappa shape index (κ2) is 11.1. The lowest BCUT2D eigenvalue weighted by molar-refractivity contribution is -0.202. The zero-order chi connectivity index (χ0) is 27.4. The summed E-state index contributed by atoms with van der Waals surface area (Å²) in [5.74, 6) is -2.25. The van der Waals surface area contributed by atoms with Gasteiger partial charge in [-0.25, -0.2) is 9.59 Å². The smallest absolute Gasteiger partial charge is 0.408 e. The third-order valence-corrected chi connectivity index (χ3v) is 5.76. The van der Waals surface area contributed by atoms with Gasteiger partial charge in [0, 0.05) is 12.8 Å². The van der Waals surface area contributed by atoms with E-state index in [9.17, 15) is 19.2 Å². The number of hydrogen-bond donors (Lipinski definition) is 1. The summed E-state index contributed by atoms with van der Waals surface area (Å²) in [7, 11) is 0. The van der Waals surface area contributed by atoms with E-state index in [2.05, 4.69) is 5.32 Å². The summed E-state index contributed by atoms with van der Waals surface area (Å²) in [6, 6.07) is 16.2. The van der Waals surface area contributed by atoms with Crippen LogP contribution in [-0.2, 0) is 34.3 Å². The number of imide groups is 1. The maximum atomic E-state index is 12.9. The molecule has 1 aliphatic rings. The summed E-state index contributed by atoms with van der Waals surface area (Å²) in [6.07, 6.45) is -1.83. The topological polar surface area (TPSA) is 111 Å². The van der Waals surface area contributed by atoms with Gasteiger partial charge < -0.3 is 19.6 Å². The van der Waals surface area contributed by atoms with Gasteiger partial charge in [0.2, 0.25) is 0 Å². The fourth-order valence-corrected chi connectivity index (χ4v) is 3.94. The van der Waals surface area contributed by atoms with Crippen LogP contribution in [0.1, 0.15) is 59.9 Å². The number of nitrogens with zero attached hydrogens (tertiary/aromatic N) is 1. The van der Waals surface area contributed by atoms with Crippen molar-refractivity contribution in [2.75, 3.05) is 0 Å². The standard InChI is InChI=1S/C28H34N2O7/c1-18(35-27(2,3)4)24(25(33)37-30-22(31)16-17-23(30)32)29-26(34)36-28(5,6)21-14-12-20(13-15-21)19-10-8-7-9-11-19/h7-15,18,24H,16-17H2,1-6H3,(H,29,34)/t18-,24-/m1/s1. The zero-order valence-electron chi connectivity index (χ0n) is 22.1. The molecule has 9 heteroatoms. The van der Waals surface area contributed by atoms with Gasteiger partial charge >= 0.3 is 12.1 Å². The third kappa shape index (κ3) is 7.39. The van der Waals surface area contributed by atoms with Gasteiger partial charge in [-0.15, -0.1) is 5.06 Å². The number of rotatable bonds is 8. The monoisotopic (exact) mass is 510 g/mol. The minimum atomic E-state index is -1.34. The van der Waals surface area contributed by atoms with Gasteiger partial charge in [-0.3, -0.25) is 9.59 Å². The van der Waals surface area contributed by atoms with Crippen LogP contribution < -0.4 is 5.32 Å². The fraction of sp³-hybridized carbons (Fsp3) is 0.429. The molecule has 0 unspecified atom stereocenters. The molecule has 0 aliphatic carbocycles. The molecule has 2 aromatic rings. The number of hydrogen-bond acceptors (Lipinski definition) is 7. The predicted molar refractivity (Wildman–Crippen MR) is 136 cm³/mol. The van der Waals surface area contributed by atoms with Crippen molar-refractivity contribution in [2.24, 2.45) is 0 Å². The van der Waals surface area contributed by atoms with Crippen molar-refractivity contribution < 1.29 is 33.5 Å². The molecular formula is C28H34N2O7. The summed E-state index contributed by atoms with van der Waals surface area (Å²) in [5, 5.41) is 2.93. The van der Waals surface area contributed by atoms with Gasteiger partial charge in [0.05, 0.1) is 11.7 Å². The summed E-state index contributed by atoms with van der Waals surface area (Å²) < 4.78 is 11.5. The number of alkyl carbamates (subject to hydrolysis) is 1. The van der Waals surface area contributed by atoms with Crippen molar-refractivity contribution in [3.63, 3.8) is 0 Å². The molecule has 0 saturated carbocycles. The second-order valence-corrected chi connectivity index (χ2v) is 10.4. The minimum absolute atomic E-state index is 0.0441. The first kappa shape index (κ1) is 27.9. The van der Waals surface area contributed by atoms with E-state index in [1.54, 1.807) is 41.5 Å². The van der Waals surface area contributed by atoms with E-state index < -0.39 is 47.2 Å². The Morgan fingerprint density at radius 1 is 0.865 bits per heavy atom. The molecular weight excluding hydrogens is 476 g/mol. The third-order valence-electron chi connectivity index (χ3n) is 5.76. The van der Waals surface area contributed by atoms with E-state index in [0.717, 1.165) is 16.7 Å². The molecule has 1 N–H and O–H groups in total. The van der Waals surface area contributed by atoms with Crippen LogP contribution >= 0.6 is 0 Å². The number of nitrogens with one attached hydrogen (secondary N) is 1. The van der Waals surface area contributed by atoms with Crippen molar-refractivity contribution in [1.29, 1.82) is 0 Å². The van der Waals surface area contributed by atoms with Crippen LogP contribution in [0.5, 0.6) is 0 Å². The van der Waals surface area contributed by atoms with Gasteiger partial charge in [0.1, 0.15) is 5.60 Å². The van der Waals surface area contributed by atoms with Crippen LogP contribution in [0.25, 0.3) is 11.1 Å². The molecule has 1 heterocycles. The SMILES string of the molecule is C[C@@H](OC(C)(C)C)[C@@H](NC(=O)OC(C)(C)c1ccc(-c2ccccc2)cc1)C(=O)ON1C(=O)CCC1=O. The van der Waals surface area contributed by atoms with E-state index in [1.165, 1.54) is 0 Å². The number of carbonyl (C=O) groups is 4. The molecule has 3 rings (SSSR count). The number of benzene rings is 2. The Balaban J connectivity index is 1.73.